The minimum atomic E-state index is -4.61. The molecule has 0 unspecified atom stereocenters. The van der Waals surface area contributed by atoms with Crippen molar-refractivity contribution in [2.45, 2.75) is 6.92 Å². The molecule has 4 aromatic carbocycles. The van der Waals surface area contributed by atoms with Crippen LogP contribution in [0.25, 0.3) is 11.3 Å². The predicted octanol–water partition coefficient (Wildman–Crippen LogP) is 5.19. The fraction of sp³-hybridized carbons (Fsp3) is 0.0645. The van der Waals surface area contributed by atoms with E-state index in [0.29, 0.717) is 29.6 Å². The van der Waals surface area contributed by atoms with Gasteiger partial charge >= 0.3 is 232 Å². The molecule has 2 heterocycles. The molecule has 0 spiro atoms. The molecule has 6 rings (SSSR count). The van der Waals surface area contributed by atoms with Crippen LogP contribution in [0.4, 0.5) is 0 Å². The van der Waals surface area contributed by atoms with E-state index in [4.69, 9.17) is 15.4 Å². The van der Waals surface area contributed by atoms with Gasteiger partial charge in [-0.3, -0.25) is 0 Å². The van der Waals surface area contributed by atoms with Crippen LogP contribution >= 0.6 is 0 Å². The average Bonchev–Trinajstić information content (AvgIpc) is 3.51. The third-order valence-corrected chi connectivity index (χ3v) is 15.3. The van der Waals surface area contributed by atoms with Crippen molar-refractivity contribution in [2.75, 3.05) is 6.61 Å². The number of nitrogens with zero attached hydrogens (tertiary/aromatic N) is 3. The molecule has 0 bridgehead atoms. The van der Waals surface area contributed by atoms with Crippen molar-refractivity contribution < 1.29 is 15.4 Å². The first-order valence-electron chi connectivity index (χ1n) is 12.7. The normalized spacial score (nSPS) is 16.2. The van der Waals surface area contributed by atoms with Crippen LogP contribution in [-0.4, -0.2) is 43.1 Å². The first-order valence-corrected chi connectivity index (χ1v) is 17.8. The third kappa shape index (κ3) is 5.05. The summed E-state index contributed by atoms with van der Waals surface area (Å²) in [6.07, 6.45) is 1.65. The maximum absolute atomic E-state index is 7.14. The predicted molar refractivity (Wildman–Crippen MR) is 153 cm³/mol. The quantitative estimate of drug-likeness (QED) is 0.244. The summed E-state index contributed by atoms with van der Waals surface area (Å²) in [7, 11) is 0. The van der Waals surface area contributed by atoms with Gasteiger partial charge in [-0.25, -0.2) is 0 Å². The van der Waals surface area contributed by atoms with Gasteiger partial charge in [0.15, 0.2) is 0 Å². The fourth-order valence-corrected chi connectivity index (χ4v) is 13.1. The summed E-state index contributed by atoms with van der Waals surface area (Å²) in [4.78, 5) is 0. The zero-order valence-corrected chi connectivity index (χ0v) is 24.1. The van der Waals surface area contributed by atoms with E-state index < -0.39 is 19.2 Å². The summed E-state index contributed by atoms with van der Waals surface area (Å²) in [6.45, 7) is 2.43. The van der Waals surface area contributed by atoms with Crippen LogP contribution in [0.3, 0.4) is 0 Å². The Morgan fingerprint density at radius 3 is 2.08 bits per heavy atom. The van der Waals surface area contributed by atoms with Crippen molar-refractivity contribution in [1.82, 2.24) is 5.16 Å². The molecule has 0 aliphatic carbocycles. The summed E-state index contributed by atoms with van der Waals surface area (Å²) in [6, 6.07) is 37.4. The molecular weight excluding hydrogens is 597 g/mol. The molecule has 1 aliphatic heterocycles. The van der Waals surface area contributed by atoms with Crippen LogP contribution in [0.5, 0.6) is 11.5 Å². The topological polar surface area (TPSA) is 78.4 Å². The number of rotatable bonds is 6. The average molecular weight is 622 g/mol. The number of benzene rings is 4. The molecule has 0 N–H and O–H groups in total. The minimum absolute atomic E-state index is 0.228. The van der Waals surface area contributed by atoms with Gasteiger partial charge in [0.2, 0.25) is 0 Å². The van der Waals surface area contributed by atoms with Gasteiger partial charge < -0.3 is 0 Å². The number of hydrogen-bond donors (Lipinski definition) is 0. The molecule has 8 heteroatoms. The van der Waals surface area contributed by atoms with Gasteiger partial charge in [-0.15, -0.1) is 0 Å². The Labute approximate surface area is 231 Å². The molecule has 5 aromatic rings. The zero-order valence-electron chi connectivity index (χ0n) is 21.2. The maximum atomic E-state index is 7.14. The number of aromatic nitrogens is 1. The summed E-state index contributed by atoms with van der Waals surface area (Å²) >= 11 is -4.61. The molecule has 1 aromatic heterocycles. The summed E-state index contributed by atoms with van der Waals surface area (Å²) in [5.74, 6) is 2.03. The van der Waals surface area contributed by atoms with E-state index in [1.165, 1.54) is 0 Å². The summed E-state index contributed by atoms with van der Waals surface area (Å²) in [5.41, 5.74) is 2.07. The third-order valence-electron chi connectivity index (χ3n) is 6.24. The SMILES string of the molecule is CCOc1cccc2c1[O][Sn]([c]1ccccc1)([c]1ccccc1)[O]/C(c1cc(-c3ccccc3)on1)=N\N=C/2. The first kappa shape index (κ1) is 24.9. The van der Waals surface area contributed by atoms with Gasteiger partial charge in [0.05, 0.1) is 0 Å². The van der Waals surface area contributed by atoms with Crippen molar-refractivity contribution in [3.63, 3.8) is 0 Å². The van der Waals surface area contributed by atoms with Crippen LogP contribution in [0.1, 0.15) is 18.2 Å². The molecule has 192 valence electrons. The molecule has 0 fully saturated rings. The van der Waals surface area contributed by atoms with Crippen LogP contribution in [-0.2, 0) is 3.07 Å². The Kier molecular flexibility index (Phi) is 7.14. The zero-order chi connectivity index (χ0) is 26.5. The van der Waals surface area contributed by atoms with Crippen LogP contribution in [0.15, 0.2) is 130 Å². The van der Waals surface area contributed by atoms with Crippen LogP contribution in [0.2, 0.25) is 0 Å². The van der Waals surface area contributed by atoms with Crippen LogP contribution in [0, 0.1) is 0 Å². The van der Waals surface area contributed by atoms with E-state index >= 15 is 0 Å². The molecule has 0 saturated carbocycles. The Morgan fingerprint density at radius 1 is 0.744 bits per heavy atom. The van der Waals surface area contributed by atoms with E-state index in [-0.39, 0.29) is 5.90 Å². The van der Waals surface area contributed by atoms with Crippen molar-refractivity contribution in [2.24, 2.45) is 10.2 Å². The van der Waals surface area contributed by atoms with E-state index in [9.17, 15) is 0 Å². The van der Waals surface area contributed by atoms with Gasteiger partial charge in [-0.1, -0.05) is 0 Å². The second-order valence-electron chi connectivity index (χ2n) is 8.75. The number of fused-ring (bicyclic) bond motifs is 1. The number of ether oxygens (including phenoxy) is 1. The molecule has 0 atom stereocenters. The standard InChI is InChI=1S/C19H17N3O4.2C6H5.Sn/c1-2-25-16-10-6-9-14(18(16)23)12-20-21-19(24)15-11-17(26-22-15)13-7-4-3-5-8-13;2*1-2-4-6-5-3-1;/h3-12,23H,2H2,1H3,(H,21,24);2*1-5H;/q;;;+2/p-2/b20-12-;;;. The van der Waals surface area contributed by atoms with E-state index in [2.05, 4.69) is 15.4 Å². The number of hydrogen-bond acceptors (Lipinski definition) is 7. The van der Waals surface area contributed by atoms with Gasteiger partial charge in [0, 0.05) is 0 Å². The fourth-order valence-electron chi connectivity index (χ4n) is 4.41. The first-order chi connectivity index (χ1) is 19.3. The molecule has 7 nitrogen and oxygen atoms in total. The van der Waals surface area contributed by atoms with Gasteiger partial charge in [0.25, 0.3) is 0 Å². The molecule has 0 saturated heterocycles. The second kappa shape index (κ2) is 11.2. The van der Waals surface area contributed by atoms with Crippen molar-refractivity contribution in [3.05, 3.63) is 127 Å². The van der Waals surface area contributed by atoms with Crippen LogP contribution < -0.4 is 15.0 Å². The van der Waals surface area contributed by atoms with Gasteiger partial charge in [-0.2, -0.15) is 0 Å². The van der Waals surface area contributed by atoms with E-state index in [1.54, 1.807) is 6.21 Å². The summed E-state index contributed by atoms with van der Waals surface area (Å²) in [5, 5.41) is 13.2. The Balaban J connectivity index is 1.57. The Morgan fingerprint density at radius 2 is 1.41 bits per heavy atom. The Bertz CT molecular complexity index is 1580. The second-order valence-corrected chi connectivity index (χ2v) is 16.7. The van der Waals surface area contributed by atoms with Crippen molar-refractivity contribution in [1.29, 1.82) is 0 Å². The van der Waals surface area contributed by atoms with Crippen molar-refractivity contribution in [3.8, 4) is 22.8 Å². The monoisotopic (exact) mass is 623 g/mol. The van der Waals surface area contributed by atoms with Crippen molar-refractivity contribution >= 4 is 38.5 Å². The van der Waals surface area contributed by atoms with Gasteiger partial charge in [-0.05, 0) is 0 Å². The Hall–Kier alpha value is -4.37. The summed E-state index contributed by atoms with van der Waals surface area (Å²) < 4.78 is 27.7. The molecule has 0 radical (unpaired) electrons. The number of para-hydroxylation sites is 1. The van der Waals surface area contributed by atoms with E-state index in [1.807, 2.05) is 122 Å². The molecule has 1 aliphatic rings. The molecule has 0 amide bonds. The molecule has 39 heavy (non-hydrogen) atoms. The molecular formula is C31H25N3O4Sn. The van der Waals surface area contributed by atoms with Gasteiger partial charge in [0.1, 0.15) is 0 Å². The van der Waals surface area contributed by atoms with E-state index in [0.717, 1.165) is 18.3 Å².